The maximum atomic E-state index is 10.7. The lowest BCUT2D eigenvalue weighted by Gasteiger charge is -2.08. The number of ether oxygens (including phenoxy) is 2. The summed E-state index contributed by atoms with van der Waals surface area (Å²) in [5.74, 6) is 1.70. The number of nitrogens with two attached hydrogens (primary N) is 1. The van der Waals surface area contributed by atoms with Crippen molar-refractivity contribution in [3.05, 3.63) is 52.6 Å². The van der Waals surface area contributed by atoms with Gasteiger partial charge in [0.15, 0.2) is 0 Å². The highest BCUT2D eigenvalue weighted by atomic mass is 16.6. The number of rotatable bonds is 5. The van der Waals surface area contributed by atoms with Gasteiger partial charge in [0, 0.05) is 18.2 Å². The molecule has 0 heterocycles. The smallest absolute Gasteiger partial charge is 0.292 e. The van der Waals surface area contributed by atoms with Gasteiger partial charge in [-0.1, -0.05) is 6.07 Å². The van der Waals surface area contributed by atoms with Gasteiger partial charge in [-0.3, -0.25) is 10.1 Å². The largest absolute Gasteiger partial charge is 0.494 e. The van der Waals surface area contributed by atoms with Crippen molar-refractivity contribution in [1.82, 2.24) is 0 Å². The molecular formula is C14H14N2O4. The van der Waals surface area contributed by atoms with Crippen molar-refractivity contribution in [3.63, 3.8) is 0 Å². The molecular weight excluding hydrogens is 260 g/mol. The highest BCUT2D eigenvalue weighted by Crippen LogP contribution is 2.30. The second kappa shape index (κ2) is 5.92. The lowest BCUT2D eigenvalue weighted by Crippen LogP contribution is -1.96. The van der Waals surface area contributed by atoms with Crippen LogP contribution in [0.4, 0.5) is 11.4 Å². The summed E-state index contributed by atoms with van der Waals surface area (Å²) in [6.45, 7) is 2.46. The average molecular weight is 274 g/mol. The molecule has 0 aromatic heterocycles. The van der Waals surface area contributed by atoms with Crippen LogP contribution in [0, 0.1) is 10.1 Å². The first kappa shape index (κ1) is 13.7. The number of benzene rings is 2. The molecule has 0 unspecified atom stereocenters. The fourth-order valence-corrected chi connectivity index (χ4v) is 1.69. The molecule has 20 heavy (non-hydrogen) atoms. The third-order valence-corrected chi connectivity index (χ3v) is 2.55. The minimum atomic E-state index is -0.533. The number of nitrogen functional groups attached to an aromatic ring is 1. The van der Waals surface area contributed by atoms with Crippen LogP contribution in [-0.4, -0.2) is 11.5 Å². The van der Waals surface area contributed by atoms with Gasteiger partial charge >= 0.3 is 0 Å². The van der Waals surface area contributed by atoms with Crippen molar-refractivity contribution >= 4 is 11.4 Å². The first-order chi connectivity index (χ1) is 9.60. The predicted octanol–water partition coefficient (Wildman–Crippen LogP) is 3.37. The highest BCUT2D eigenvalue weighted by Gasteiger charge is 2.12. The monoisotopic (exact) mass is 274 g/mol. The van der Waals surface area contributed by atoms with E-state index in [9.17, 15) is 10.1 Å². The standard InChI is InChI=1S/C14H14N2O4/c1-2-19-10-4-3-5-11(8-10)20-12-6-7-14(16(17)18)13(15)9-12/h3-9H,2,15H2,1H3. The van der Waals surface area contributed by atoms with Crippen LogP contribution >= 0.6 is 0 Å². The van der Waals surface area contributed by atoms with Gasteiger partial charge in [-0.2, -0.15) is 0 Å². The molecule has 0 aliphatic heterocycles. The Balaban J connectivity index is 2.19. The average Bonchev–Trinajstić information content (AvgIpc) is 2.39. The van der Waals surface area contributed by atoms with E-state index in [1.165, 1.54) is 18.2 Å². The molecule has 0 atom stereocenters. The molecule has 0 fully saturated rings. The summed E-state index contributed by atoms with van der Waals surface area (Å²) in [7, 11) is 0. The third-order valence-electron chi connectivity index (χ3n) is 2.55. The number of nitro groups is 1. The molecule has 0 saturated carbocycles. The van der Waals surface area contributed by atoms with Gasteiger partial charge in [-0.15, -0.1) is 0 Å². The molecule has 6 nitrogen and oxygen atoms in total. The van der Waals surface area contributed by atoms with E-state index in [4.69, 9.17) is 15.2 Å². The van der Waals surface area contributed by atoms with Gasteiger partial charge < -0.3 is 15.2 Å². The van der Waals surface area contributed by atoms with Crippen LogP contribution in [0.15, 0.2) is 42.5 Å². The molecule has 0 aliphatic carbocycles. The summed E-state index contributed by atoms with van der Waals surface area (Å²) >= 11 is 0. The van der Waals surface area contributed by atoms with Crippen molar-refractivity contribution in [2.75, 3.05) is 12.3 Å². The minimum absolute atomic E-state index is 0.0634. The van der Waals surface area contributed by atoms with Crippen LogP contribution in [-0.2, 0) is 0 Å². The van der Waals surface area contributed by atoms with E-state index >= 15 is 0 Å². The molecule has 0 radical (unpaired) electrons. The van der Waals surface area contributed by atoms with Crippen LogP contribution in [0.5, 0.6) is 17.2 Å². The lowest BCUT2D eigenvalue weighted by atomic mass is 10.2. The molecule has 2 aromatic carbocycles. The Morgan fingerprint density at radius 3 is 2.50 bits per heavy atom. The van der Waals surface area contributed by atoms with E-state index in [-0.39, 0.29) is 11.4 Å². The quantitative estimate of drug-likeness (QED) is 0.513. The van der Waals surface area contributed by atoms with Crippen LogP contribution in [0.1, 0.15) is 6.92 Å². The zero-order valence-corrected chi connectivity index (χ0v) is 10.9. The summed E-state index contributed by atoms with van der Waals surface area (Å²) < 4.78 is 11.0. The fourth-order valence-electron chi connectivity index (χ4n) is 1.69. The second-order valence-corrected chi connectivity index (χ2v) is 3.99. The van der Waals surface area contributed by atoms with Crippen LogP contribution in [0.2, 0.25) is 0 Å². The van der Waals surface area contributed by atoms with Crippen LogP contribution in [0.25, 0.3) is 0 Å². The Morgan fingerprint density at radius 2 is 1.85 bits per heavy atom. The fraction of sp³-hybridized carbons (Fsp3) is 0.143. The molecule has 2 aromatic rings. The number of nitrogens with zero attached hydrogens (tertiary/aromatic N) is 1. The van der Waals surface area contributed by atoms with E-state index in [1.54, 1.807) is 18.2 Å². The maximum absolute atomic E-state index is 10.7. The van der Waals surface area contributed by atoms with Crippen LogP contribution < -0.4 is 15.2 Å². The van der Waals surface area contributed by atoms with Crippen molar-refractivity contribution in [1.29, 1.82) is 0 Å². The number of hydrogen-bond donors (Lipinski definition) is 1. The van der Waals surface area contributed by atoms with Crippen molar-refractivity contribution in [2.24, 2.45) is 0 Å². The normalized spacial score (nSPS) is 10.1. The summed E-state index contributed by atoms with van der Waals surface area (Å²) in [4.78, 5) is 10.1. The molecule has 2 N–H and O–H groups in total. The first-order valence-corrected chi connectivity index (χ1v) is 6.04. The Kier molecular flexibility index (Phi) is 4.05. The van der Waals surface area contributed by atoms with Gasteiger partial charge in [0.2, 0.25) is 0 Å². The first-order valence-electron chi connectivity index (χ1n) is 6.04. The Bertz CT molecular complexity index is 628. The van der Waals surface area contributed by atoms with Gasteiger partial charge in [0.1, 0.15) is 22.9 Å². The SMILES string of the molecule is CCOc1cccc(Oc2ccc([N+](=O)[O-])c(N)c2)c1. The van der Waals surface area contributed by atoms with Gasteiger partial charge in [0.05, 0.1) is 11.5 Å². The van der Waals surface area contributed by atoms with Crippen molar-refractivity contribution < 1.29 is 14.4 Å². The van der Waals surface area contributed by atoms with E-state index in [2.05, 4.69) is 0 Å². The van der Waals surface area contributed by atoms with Crippen molar-refractivity contribution in [3.8, 4) is 17.2 Å². The number of hydrogen-bond acceptors (Lipinski definition) is 5. The number of nitro benzene ring substituents is 1. The van der Waals surface area contributed by atoms with Gasteiger partial charge in [0.25, 0.3) is 5.69 Å². The Labute approximate surface area is 115 Å². The minimum Gasteiger partial charge on any atom is -0.494 e. The lowest BCUT2D eigenvalue weighted by molar-refractivity contribution is -0.383. The van der Waals surface area contributed by atoms with Gasteiger partial charge in [-0.25, -0.2) is 0 Å². The second-order valence-electron chi connectivity index (χ2n) is 3.99. The van der Waals surface area contributed by atoms with Crippen LogP contribution in [0.3, 0.4) is 0 Å². The topological polar surface area (TPSA) is 87.6 Å². The van der Waals surface area contributed by atoms with E-state index in [1.807, 2.05) is 13.0 Å². The molecule has 0 amide bonds. The molecule has 2 rings (SSSR count). The zero-order valence-electron chi connectivity index (χ0n) is 10.9. The Hall–Kier alpha value is -2.76. The summed E-state index contributed by atoms with van der Waals surface area (Å²) in [6.07, 6.45) is 0. The summed E-state index contributed by atoms with van der Waals surface area (Å²) in [6, 6.07) is 11.4. The van der Waals surface area contributed by atoms with Crippen molar-refractivity contribution in [2.45, 2.75) is 6.92 Å². The molecule has 0 bridgehead atoms. The van der Waals surface area contributed by atoms with Gasteiger partial charge in [-0.05, 0) is 25.1 Å². The number of anilines is 1. The molecule has 0 saturated heterocycles. The van der Waals surface area contributed by atoms with E-state index < -0.39 is 4.92 Å². The molecule has 104 valence electrons. The highest BCUT2D eigenvalue weighted by molar-refractivity contribution is 5.61. The molecule has 0 spiro atoms. The molecule has 6 heteroatoms. The summed E-state index contributed by atoms with van der Waals surface area (Å²) in [5, 5.41) is 10.7. The van der Waals surface area contributed by atoms with E-state index in [0.717, 1.165) is 0 Å². The molecule has 0 aliphatic rings. The maximum Gasteiger partial charge on any atom is 0.292 e. The zero-order chi connectivity index (χ0) is 14.5. The summed E-state index contributed by atoms with van der Waals surface area (Å²) in [5.41, 5.74) is 5.53. The Morgan fingerprint density at radius 1 is 1.15 bits per heavy atom. The third kappa shape index (κ3) is 3.17. The predicted molar refractivity (Wildman–Crippen MR) is 75.2 cm³/mol. The van der Waals surface area contributed by atoms with E-state index in [0.29, 0.717) is 23.9 Å².